The van der Waals surface area contributed by atoms with E-state index < -0.39 is 0 Å². The summed E-state index contributed by atoms with van der Waals surface area (Å²) in [6.45, 7) is 6.72. The van der Waals surface area contributed by atoms with Crippen molar-refractivity contribution in [3.8, 4) is 0 Å². The van der Waals surface area contributed by atoms with Gasteiger partial charge < -0.3 is 10.3 Å². The van der Waals surface area contributed by atoms with E-state index in [1.807, 2.05) is 12.5 Å². The lowest BCUT2D eigenvalue weighted by Gasteiger charge is -2.23. The monoisotopic (exact) mass is 249 g/mol. The van der Waals surface area contributed by atoms with Crippen LogP contribution in [0.25, 0.3) is 0 Å². The minimum Gasteiger partial charge on any atom is -0.330 e. The van der Waals surface area contributed by atoms with Crippen molar-refractivity contribution in [2.75, 3.05) is 0 Å². The van der Waals surface area contributed by atoms with Gasteiger partial charge in [-0.25, -0.2) is 4.98 Å². The fraction of sp³-hybridized carbons (Fsp3) is 0.800. The van der Waals surface area contributed by atoms with Gasteiger partial charge in [0.05, 0.1) is 12.0 Å². The Morgan fingerprint density at radius 1 is 1.44 bits per heavy atom. The highest BCUT2D eigenvalue weighted by Gasteiger charge is 2.27. The first-order chi connectivity index (χ1) is 8.61. The van der Waals surface area contributed by atoms with Gasteiger partial charge in [0.1, 0.15) is 0 Å². The summed E-state index contributed by atoms with van der Waals surface area (Å²) in [5, 5.41) is 0. The zero-order valence-corrected chi connectivity index (χ0v) is 12.0. The van der Waals surface area contributed by atoms with Crippen LogP contribution in [0.1, 0.15) is 70.7 Å². The number of nitrogens with two attached hydrogens (primary N) is 1. The number of hydrogen-bond acceptors (Lipinski definition) is 2. The minimum atomic E-state index is 0.126. The van der Waals surface area contributed by atoms with Crippen molar-refractivity contribution in [2.24, 2.45) is 17.6 Å². The summed E-state index contributed by atoms with van der Waals surface area (Å²) < 4.78 is 2.34. The maximum Gasteiger partial charge on any atom is 0.0951 e. The van der Waals surface area contributed by atoms with Crippen LogP contribution in [0.4, 0.5) is 0 Å². The molecule has 18 heavy (non-hydrogen) atoms. The molecule has 3 heteroatoms. The molecule has 2 atom stereocenters. The van der Waals surface area contributed by atoms with Crippen LogP contribution >= 0.6 is 0 Å². The Labute approximate surface area is 111 Å². The molecular weight excluding hydrogens is 222 g/mol. The van der Waals surface area contributed by atoms with Gasteiger partial charge in [-0.1, -0.05) is 33.6 Å². The van der Waals surface area contributed by atoms with Crippen LogP contribution in [0.15, 0.2) is 12.5 Å². The predicted molar refractivity (Wildman–Crippen MR) is 75.3 cm³/mol. The van der Waals surface area contributed by atoms with Crippen molar-refractivity contribution in [3.05, 3.63) is 18.2 Å². The van der Waals surface area contributed by atoms with E-state index in [2.05, 4.69) is 30.3 Å². The maximum atomic E-state index is 6.32. The lowest BCUT2D eigenvalue weighted by molar-refractivity contribution is 0.396. The summed E-state index contributed by atoms with van der Waals surface area (Å²) in [5.41, 5.74) is 7.54. The highest BCUT2D eigenvalue weighted by molar-refractivity contribution is 5.06. The molecule has 0 aliphatic heterocycles. The molecule has 2 N–H and O–H groups in total. The van der Waals surface area contributed by atoms with Gasteiger partial charge in [0, 0.05) is 18.3 Å². The normalized spacial score (nSPS) is 19.2. The van der Waals surface area contributed by atoms with Gasteiger partial charge in [0.25, 0.3) is 0 Å². The molecule has 0 aromatic carbocycles. The summed E-state index contributed by atoms with van der Waals surface area (Å²) in [6.07, 6.45) is 10.3. The second-order valence-corrected chi connectivity index (χ2v) is 6.20. The summed E-state index contributed by atoms with van der Waals surface area (Å²) >= 11 is 0. The molecule has 1 aromatic heterocycles. The molecule has 1 saturated carbocycles. The third-order valence-electron chi connectivity index (χ3n) is 3.97. The molecule has 0 spiro atoms. The van der Waals surface area contributed by atoms with Crippen LogP contribution in [-0.4, -0.2) is 9.55 Å². The van der Waals surface area contributed by atoms with E-state index in [1.165, 1.54) is 31.4 Å². The van der Waals surface area contributed by atoms with Gasteiger partial charge in [-0.05, 0) is 31.1 Å². The van der Waals surface area contributed by atoms with Crippen LogP contribution in [0.5, 0.6) is 0 Å². The van der Waals surface area contributed by atoms with Gasteiger partial charge in [-0.15, -0.1) is 0 Å². The molecule has 1 heterocycles. The van der Waals surface area contributed by atoms with Crippen LogP contribution in [0, 0.1) is 11.8 Å². The Kier molecular flexibility index (Phi) is 4.44. The topological polar surface area (TPSA) is 43.8 Å². The highest BCUT2D eigenvalue weighted by Crippen LogP contribution is 2.38. The van der Waals surface area contributed by atoms with E-state index in [1.54, 1.807) is 0 Å². The number of hydrogen-bond donors (Lipinski definition) is 1. The van der Waals surface area contributed by atoms with Crippen molar-refractivity contribution in [2.45, 2.75) is 65.0 Å². The van der Waals surface area contributed by atoms with Gasteiger partial charge in [0.2, 0.25) is 0 Å². The zero-order chi connectivity index (χ0) is 13.1. The van der Waals surface area contributed by atoms with Crippen molar-refractivity contribution in [3.63, 3.8) is 0 Å². The summed E-state index contributed by atoms with van der Waals surface area (Å²) in [5.74, 6) is 1.58. The predicted octanol–water partition coefficient (Wildman–Crippen LogP) is 3.68. The summed E-state index contributed by atoms with van der Waals surface area (Å²) in [7, 11) is 0. The molecule has 0 saturated heterocycles. The summed E-state index contributed by atoms with van der Waals surface area (Å²) in [4.78, 5) is 4.33. The van der Waals surface area contributed by atoms with Crippen LogP contribution in [-0.2, 0) is 0 Å². The van der Waals surface area contributed by atoms with Crippen LogP contribution in [0.3, 0.4) is 0 Å². The molecule has 1 fully saturated rings. The molecule has 1 aromatic rings. The average molecular weight is 249 g/mol. The Balaban J connectivity index is 2.08. The second-order valence-electron chi connectivity index (χ2n) is 6.20. The first-order valence-electron chi connectivity index (χ1n) is 7.39. The number of aromatic nitrogens is 2. The van der Waals surface area contributed by atoms with Crippen molar-refractivity contribution in [1.82, 2.24) is 9.55 Å². The zero-order valence-electron chi connectivity index (χ0n) is 12.0. The molecule has 0 bridgehead atoms. The largest absolute Gasteiger partial charge is 0.330 e. The van der Waals surface area contributed by atoms with E-state index in [0.717, 1.165) is 12.3 Å². The van der Waals surface area contributed by atoms with Crippen molar-refractivity contribution >= 4 is 0 Å². The van der Waals surface area contributed by atoms with E-state index in [4.69, 9.17) is 5.73 Å². The fourth-order valence-corrected chi connectivity index (χ4v) is 2.75. The van der Waals surface area contributed by atoms with Gasteiger partial charge >= 0.3 is 0 Å². The van der Waals surface area contributed by atoms with E-state index >= 15 is 0 Å². The Hall–Kier alpha value is -0.830. The molecular formula is C15H27N3. The minimum absolute atomic E-state index is 0.126. The number of nitrogens with zero attached hydrogens (tertiary/aromatic N) is 2. The number of imidazole rings is 1. The van der Waals surface area contributed by atoms with Crippen molar-refractivity contribution in [1.29, 1.82) is 0 Å². The molecule has 2 rings (SSSR count). The molecule has 1 aliphatic carbocycles. The second kappa shape index (κ2) is 5.87. The highest BCUT2D eigenvalue weighted by atomic mass is 15.1. The third-order valence-corrected chi connectivity index (χ3v) is 3.97. The summed E-state index contributed by atoms with van der Waals surface area (Å²) in [6, 6.07) is 0.717. The molecule has 102 valence electrons. The van der Waals surface area contributed by atoms with E-state index in [9.17, 15) is 0 Å². The molecule has 0 radical (unpaired) electrons. The first-order valence-corrected chi connectivity index (χ1v) is 7.39. The Morgan fingerprint density at radius 3 is 2.72 bits per heavy atom. The fourth-order valence-electron chi connectivity index (χ4n) is 2.75. The lowest BCUT2D eigenvalue weighted by Crippen LogP contribution is -2.20. The van der Waals surface area contributed by atoms with E-state index in [-0.39, 0.29) is 6.04 Å². The lowest BCUT2D eigenvalue weighted by atomic mass is 10.0. The standard InChI is InChI=1S/C15H27N3/c1-4-13(8-12-5-6-12)18-10-17-9-15(18)14(16)7-11(2)3/h9-14H,4-8,16H2,1-3H3. The SMILES string of the molecule is CCC(CC1CC1)n1cncc1C(N)CC(C)C. The quantitative estimate of drug-likeness (QED) is 0.801. The maximum absolute atomic E-state index is 6.32. The van der Waals surface area contributed by atoms with E-state index in [0.29, 0.717) is 12.0 Å². The molecule has 0 amide bonds. The Bertz CT molecular complexity index is 366. The van der Waals surface area contributed by atoms with Crippen LogP contribution < -0.4 is 5.73 Å². The molecule has 3 nitrogen and oxygen atoms in total. The van der Waals surface area contributed by atoms with Gasteiger partial charge in [0.15, 0.2) is 0 Å². The average Bonchev–Trinajstić information content (AvgIpc) is 2.99. The Morgan fingerprint density at radius 2 is 2.17 bits per heavy atom. The van der Waals surface area contributed by atoms with Crippen LogP contribution in [0.2, 0.25) is 0 Å². The van der Waals surface area contributed by atoms with Crippen molar-refractivity contribution < 1.29 is 0 Å². The molecule has 1 aliphatic rings. The number of rotatable bonds is 7. The smallest absolute Gasteiger partial charge is 0.0951 e. The van der Waals surface area contributed by atoms with Gasteiger partial charge in [-0.2, -0.15) is 0 Å². The first kappa shape index (κ1) is 13.6. The third kappa shape index (κ3) is 3.35. The molecule has 2 unspecified atom stereocenters. The van der Waals surface area contributed by atoms with Gasteiger partial charge in [-0.3, -0.25) is 0 Å².